The fourth-order valence-corrected chi connectivity index (χ4v) is 3.43. The zero-order valence-corrected chi connectivity index (χ0v) is 11.0. The monoisotopic (exact) mass is 243 g/mol. The highest BCUT2D eigenvalue weighted by Crippen LogP contribution is 2.35. The number of aliphatic hydroxyl groups is 1. The molecule has 0 unspecified atom stereocenters. The van der Waals surface area contributed by atoms with Crippen molar-refractivity contribution in [3.63, 3.8) is 0 Å². The van der Waals surface area contributed by atoms with Crippen LogP contribution < -0.4 is 0 Å². The van der Waals surface area contributed by atoms with Gasteiger partial charge in [-0.15, -0.1) is 0 Å². The molecule has 0 bridgehead atoms. The van der Waals surface area contributed by atoms with E-state index < -0.39 is 0 Å². The summed E-state index contributed by atoms with van der Waals surface area (Å²) in [7, 11) is 2.19. The van der Waals surface area contributed by atoms with Crippen molar-refractivity contribution in [2.24, 2.45) is 13.0 Å². The predicted octanol–water partition coefficient (Wildman–Crippen LogP) is 3.06. The van der Waals surface area contributed by atoms with E-state index in [0.717, 1.165) is 12.3 Å². The van der Waals surface area contributed by atoms with Crippen molar-refractivity contribution in [2.75, 3.05) is 6.61 Å². The van der Waals surface area contributed by atoms with Crippen LogP contribution in [-0.2, 0) is 19.9 Å². The van der Waals surface area contributed by atoms with Crippen LogP contribution in [-0.4, -0.2) is 16.3 Å². The van der Waals surface area contributed by atoms with E-state index >= 15 is 0 Å². The molecule has 0 aliphatic heterocycles. The highest BCUT2D eigenvalue weighted by molar-refractivity contribution is 5.85. The Bertz CT molecular complexity index is 555. The predicted molar refractivity (Wildman–Crippen MR) is 74.8 cm³/mol. The number of rotatable bonds is 3. The fraction of sp³-hybridized carbons (Fsp3) is 0.500. The van der Waals surface area contributed by atoms with Gasteiger partial charge >= 0.3 is 0 Å². The second-order valence-electron chi connectivity index (χ2n) is 5.48. The van der Waals surface area contributed by atoms with Gasteiger partial charge in [0.05, 0.1) is 0 Å². The van der Waals surface area contributed by atoms with Crippen molar-refractivity contribution in [1.29, 1.82) is 0 Å². The minimum absolute atomic E-state index is 0.332. The lowest BCUT2D eigenvalue weighted by Gasteiger charge is -2.23. The molecule has 2 aromatic rings. The Morgan fingerprint density at radius 3 is 3.00 bits per heavy atom. The van der Waals surface area contributed by atoms with E-state index in [4.69, 9.17) is 5.11 Å². The Hall–Kier alpha value is -1.28. The molecule has 1 aliphatic carbocycles. The largest absolute Gasteiger partial charge is 0.396 e. The molecule has 0 radical (unpaired) electrons. The molecule has 1 atom stereocenters. The van der Waals surface area contributed by atoms with Crippen LogP contribution in [0.25, 0.3) is 10.9 Å². The Labute approximate surface area is 108 Å². The third-order valence-corrected chi connectivity index (χ3v) is 4.40. The number of hydrogen-bond donors (Lipinski definition) is 1. The van der Waals surface area contributed by atoms with Crippen LogP contribution in [0.2, 0.25) is 0 Å². The van der Waals surface area contributed by atoms with Crippen LogP contribution >= 0.6 is 0 Å². The topological polar surface area (TPSA) is 25.2 Å². The number of aromatic nitrogens is 1. The molecule has 1 aromatic carbocycles. The third kappa shape index (κ3) is 1.85. The number of aliphatic hydroxyl groups excluding tert-OH is 1. The summed E-state index contributed by atoms with van der Waals surface area (Å²) >= 11 is 0. The number of para-hydroxylation sites is 1. The van der Waals surface area contributed by atoms with E-state index in [0.29, 0.717) is 6.61 Å². The summed E-state index contributed by atoms with van der Waals surface area (Å²) in [6.07, 6.45) is 5.77. The molecule has 1 aromatic heterocycles. The van der Waals surface area contributed by atoms with Crippen LogP contribution in [0.15, 0.2) is 24.3 Å². The zero-order chi connectivity index (χ0) is 12.5. The van der Waals surface area contributed by atoms with Gasteiger partial charge in [-0.3, -0.25) is 0 Å². The van der Waals surface area contributed by atoms with Gasteiger partial charge in [0.1, 0.15) is 0 Å². The average Bonchev–Trinajstić information content (AvgIpc) is 2.71. The molecule has 96 valence electrons. The molecule has 3 rings (SSSR count). The number of hydrogen-bond acceptors (Lipinski definition) is 1. The van der Waals surface area contributed by atoms with Crippen LogP contribution in [0, 0.1) is 5.92 Å². The molecule has 0 spiro atoms. The molecule has 1 N–H and O–H groups in total. The smallest absolute Gasteiger partial charge is 0.0482 e. The Balaban J connectivity index is 1.97. The lowest BCUT2D eigenvalue weighted by molar-refractivity contribution is 0.266. The van der Waals surface area contributed by atoms with Crippen molar-refractivity contribution < 1.29 is 5.11 Å². The second-order valence-corrected chi connectivity index (χ2v) is 5.48. The molecule has 1 aliphatic rings. The first kappa shape index (κ1) is 11.8. The number of aryl methyl sites for hydroxylation is 1. The van der Waals surface area contributed by atoms with Crippen molar-refractivity contribution >= 4 is 10.9 Å². The maximum absolute atomic E-state index is 8.96. The van der Waals surface area contributed by atoms with E-state index in [1.165, 1.54) is 42.3 Å². The minimum Gasteiger partial charge on any atom is -0.396 e. The summed E-state index contributed by atoms with van der Waals surface area (Å²) < 4.78 is 2.37. The molecule has 1 heterocycles. The van der Waals surface area contributed by atoms with Crippen molar-refractivity contribution in [3.05, 3.63) is 35.5 Å². The maximum atomic E-state index is 8.96. The van der Waals surface area contributed by atoms with E-state index in [1.54, 1.807) is 5.56 Å². The number of nitrogens with zero attached hydrogens (tertiary/aromatic N) is 1. The molecular weight excluding hydrogens is 222 g/mol. The van der Waals surface area contributed by atoms with E-state index in [2.05, 4.69) is 35.9 Å². The fourth-order valence-electron chi connectivity index (χ4n) is 3.43. The Morgan fingerprint density at radius 2 is 2.17 bits per heavy atom. The molecule has 2 heteroatoms. The molecular formula is C16H21NO. The van der Waals surface area contributed by atoms with E-state index in [9.17, 15) is 0 Å². The Kier molecular flexibility index (Phi) is 3.13. The molecule has 0 saturated carbocycles. The van der Waals surface area contributed by atoms with Gasteiger partial charge < -0.3 is 9.67 Å². The first-order chi connectivity index (χ1) is 8.81. The van der Waals surface area contributed by atoms with Crippen molar-refractivity contribution in [3.8, 4) is 0 Å². The van der Waals surface area contributed by atoms with Crippen LogP contribution in [0.1, 0.15) is 30.5 Å². The lowest BCUT2D eigenvalue weighted by Crippen LogP contribution is -2.15. The van der Waals surface area contributed by atoms with Crippen LogP contribution in [0.3, 0.4) is 0 Å². The summed E-state index contributed by atoms with van der Waals surface area (Å²) in [6.45, 7) is 0.332. The maximum Gasteiger partial charge on any atom is 0.0482 e. The van der Waals surface area contributed by atoms with Crippen LogP contribution in [0.5, 0.6) is 0 Å². The number of fused-ring (bicyclic) bond motifs is 3. The van der Waals surface area contributed by atoms with Crippen molar-refractivity contribution in [2.45, 2.75) is 32.1 Å². The normalized spacial score (nSPS) is 19.1. The highest BCUT2D eigenvalue weighted by Gasteiger charge is 2.23. The summed E-state index contributed by atoms with van der Waals surface area (Å²) in [5.41, 5.74) is 4.45. The summed E-state index contributed by atoms with van der Waals surface area (Å²) in [6, 6.07) is 8.73. The summed E-state index contributed by atoms with van der Waals surface area (Å²) in [5, 5.41) is 10.4. The quantitative estimate of drug-likeness (QED) is 0.880. The average molecular weight is 243 g/mol. The highest BCUT2D eigenvalue weighted by atomic mass is 16.2. The lowest BCUT2D eigenvalue weighted by atomic mass is 9.84. The minimum atomic E-state index is 0.332. The van der Waals surface area contributed by atoms with E-state index in [1.807, 2.05) is 0 Å². The van der Waals surface area contributed by atoms with Crippen molar-refractivity contribution in [1.82, 2.24) is 4.57 Å². The SMILES string of the molecule is Cn1c2c(c3ccccc31)C[C@@H](CCCO)CC2. The van der Waals surface area contributed by atoms with Gasteiger partial charge in [-0.1, -0.05) is 18.2 Å². The molecule has 18 heavy (non-hydrogen) atoms. The van der Waals surface area contributed by atoms with Gasteiger partial charge in [0.25, 0.3) is 0 Å². The molecule has 0 amide bonds. The summed E-state index contributed by atoms with van der Waals surface area (Å²) in [5.74, 6) is 0.760. The molecule has 0 fully saturated rings. The van der Waals surface area contributed by atoms with Crippen LogP contribution in [0.4, 0.5) is 0 Å². The molecule has 2 nitrogen and oxygen atoms in total. The first-order valence-electron chi connectivity index (χ1n) is 6.97. The van der Waals surface area contributed by atoms with E-state index in [-0.39, 0.29) is 0 Å². The first-order valence-corrected chi connectivity index (χ1v) is 6.97. The summed E-state index contributed by atoms with van der Waals surface area (Å²) in [4.78, 5) is 0. The third-order valence-electron chi connectivity index (χ3n) is 4.40. The van der Waals surface area contributed by atoms with Gasteiger partial charge in [0.2, 0.25) is 0 Å². The van der Waals surface area contributed by atoms with Gasteiger partial charge in [-0.05, 0) is 49.7 Å². The molecule has 0 saturated heterocycles. The van der Waals surface area contributed by atoms with Gasteiger partial charge in [-0.25, -0.2) is 0 Å². The number of benzene rings is 1. The van der Waals surface area contributed by atoms with Gasteiger partial charge in [0, 0.05) is 30.3 Å². The second kappa shape index (κ2) is 4.77. The van der Waals surface area contributed by atoms with Gasteiger partial charge in [0.15, 0.2) is 0 Å². The van der Waals surface area contributed by atoms with Gasteiger partial charge in [-0.2, -0.15) is 0 Å². The standard InChI is InChI=1S/C16H21NO/c1-17-15-7-3-2-6-13(15)14-11-12(5-4-10-18)8-9-16(14)17/h2-3,6-7,12,18H,4-5,8-11H2,1H3/t12-/m0/s1. The zero-order valence-electron chi connectivity index (χ0n) is 11.0. The Morgan fingerprint density at radius 1 is 1.33 bits per heavy atom.